The highest BCUT2D eigenvalue weighted by Crippen LogP contribution is 2.26. The van der Waals surface area contributed by atoms with Gasteiger partial charge in [-0.05, 0) is 24.3 Å². The quantitative estimate of drug-likeness (QED) is 0.614. The van der Waals surface area contributed by atoms with E-state index in [1.807, 2.05) is 17.5 Å². The van der Waals surface area contributed by atoms with Crippen molar-refractivity contribution in [1.29, 1.82) is 0 Å². The van der Waals surface area contributed by atoms with E-state index in [1.54, 1.807) is 11.3 Å². The molecule has 0 aromatic carbocycles. The molecule has 4 nitrogen and oxygen atoms in total. The minimum atomic E-state index is 0.604. The van der Waals surface area contributed by atoms with Crippen molar-refractivity contribution in [3.05, 3.63) is 17.5 Å². The molecule has 0 saturated heterocycles. The summed E-state index contributed by atoms with van der Waals surface area (Å²) in [5, 5.41) is 12.2. The number of nitrogens with zero attached hydrogens (tertiary/aromatic N) is 3. The van der Waals surface area contributed by atoms with Crippen molar-refractivity contribution in [3.63, 3.8) is 0 Å². The lowest BCUT2D eigenvalue weighted by Gasteiger charge is -2.18. The fraction of sp³-hybridized carbons (Fsp3) is 0.500. The van der Waals surface area contributed by atoms with E-state index < -0.39 is 0 Å². The Labute approximate surface area is 133 Å². The number of rotatable bonds is 8. The number of thiophene rings is 1. The molecule has 104 valence electrons. The lowest BCUT2D eigenvalue weighted by atomic mass is 10.4. The second kappa shape index (κ2) is 8.01. The molecule has 2 aromatic heterocycles. The first kappa shape index (κ1) is 15.0. The van der Waals surface area contributed by atoms with E-state index in [0.717, 1.165) is 41.5 Å². The summed E-state index contributed by atoms with van der Waals surface area (Å²) in [6.07, 6.45) is 2.11. The SMILES string of the molecule is BrCCCN(CCCBr)c1nnc(-c2cccs2)o1. The number of halogens is 2. The first-order valence-corrected chi connectivity index (χ1v) is 9.21. The van der Waals surface area contributed by atoms with Crippen LogP contribution >= 0.6 is 43.2 Å². The topological polar surface area (TPSA) is 42.2 Å². The van der Waals surface area contributed by atoms with E-state index in [1.165, 1.54) is 0 Å². The van der Waals surface area contributed by atoms with Gasteiger partial charge in [0.05, 0.1) is 4.88 Å². The smallest absolute Gasteiger partial charge is 0.318 e. The van der Waals surface area contributed by atoms with Crippen LogP contribution in [-0.2, 0) is 0 Å². The van der Waals surface area contributed by atoms with Crippen molar-refractivity contribution in [2.45, 2.75) is 12.8 Å². The first-order valence-electron chi connectivity index (χ1n) is 6.09. The van der Waals surface area contributed by atoms with E-state index >= 15 is 0 Å². The summed E-state index contributed by atoms with van der Waals surface area (Å²) in [5.41, 5.74) is 0. The van der Waals surface area contributed by atoms with Crippen LogP contribution in [0.4, 0.5) is 6.01 Å². The molecule has 0 radical (unpaired) electrons. The van der Waals surface area contributed by atoms with Crippen LogP contribution in [0.3, 0.4) is 0 Å². The molecule has 7 heteroatoms. The molecule has 0 unspecified atom stereocenters. The summed E-state index contributed by atoms with van der Waals surface area (Å²) in [5.74, 6) is 0.604. The van der Waals surface area contributed by atoms with Gasteiger partial charge in [-0.25, -0.2) is 0 Å². The average Bonchev–Trinajstić information content (AvgIpc) is 3.09. The zero-order chi connectivity index (χ0) is 13.5. The first-order chi connectivity index (χ1) is 9.35. The Morgan fingerprint density at radius 2 is 1.89 bits per heavy atom. The molecule has 0 aliphatic heterocycles. The van der Waals surface area contributed by atoms with Gasteiger partial charge < -0.3 is 9.32 Å². The number of hydrogen-bond acceptors (Lipinski definition) is 5. The van der Waals surface area contributed by atoms with Gasteiger partial charge in [-0.2, -0.15) is 0 Å². The third-order valence-corrected chi connectivity index (χ3v) is 4.52. The van der Waals surface area contributed by atoms with Gasteiger partial charge in [-0.1, -0.05) is 43.0 Å². The third-order valence-electron chi connectivity index (χ3n) is 2.54. The van der Waals surface area contributed by atoms with Gasteiger partial charge in [0.15, 0.2) is 0 Å². The van der Waals surface area contributed by atoms with E-state index in [9.17, 15) is 0 Å². The van der Waals surface area contributed by atoms with Gasteiger partial charge in [0.1, 0.15) is 0 Å². The summed E-state index contributed by atoms with van der Waals surface area (Å²) in [6.45, 7) is 1.84. The van der Waals surface area contributed by atoms with Crippen molar-refractivity contribution in [2.24, 2.45) is 0 Å². The zero-order valence-corrected chi connectivity index (χ0v) is 14.4. The molecule has 0 spiro atoms. The number of aromatic nitrogens is 2. The standard InChI is InChI=1S/C12H15Br2N3OS/c13-5-2-7-17(8-3-6-14)12-16-15-11(18-12)10-4-1-9-19-10/h1,4,9H,2-3,5-8H2. The van der Waals surface area contributed by atoms with Crippen LogP contribution in [0.1, 0.15) is 12.8 Å². The zero-order valence-electron chi connectivity index (χ0n) is 10.4. The number of hydrogen-bond donors (Lipinski definition) is 0. The summed E-state index contributed by atoms with van der Waals surface area (Å²) >= 11 is 8.52. The molecule has 19 heavy (non-hydrogen) atoms. The largest absolute Gasteiger partial charge is 0.402 e. The normalized spacial score (nSPS) is 10.8. The number of anilines is 1. The van der Waals surface area contributed by atoms with Crippen LogP contribution in [-0.4, -0.2) is 33.9 Å². The Hall–Kier alpha value is -0.400. The van der Waals surface area contributed by atoms with Gasteiger partial charge in [-0.3, -0.25) is 0 Å². The van der Waals surface area contributed by atoms with Crippen LogP contribution in [0.5, 0.6) is 0 Å². The molecule has 0 atom stereocenters. The van der Waals surface area contributed by atoms with E-state index in [2.05, 4.69) is 47.0 Å². The molecular weight excluding hydrogens is 394 g/mol. The number of alkyl halides is 2. The summed E-state index contributed by atoms with van der Waals surface area (Å²) in [4.78, 5) is 3.16. The highest BCUT2D eigenvalue weighted by atomic mass is 79.9. The fourth-order valence-electron chi connectivity index (χ4n) is 1.65. The lowest BCUT2D eigenvalue weighted by molar-refractivity contribution is 0.540. The predicted octanol–water partition coefficient (Wildman–Crippen LogP) is 4.17. The third kappa shape index (κ3) is 4.29. The van der Waals surface area contributed by atoms with Crippen LogP contribution < -0.4 is 4.90 Å². The van der Waals surface area contributed by atoms with E-state index in [4.69, 9.17) is 4.42 Å². The van der Waals surface area contributed by atoms with Crippen molar-refractivity contribution >= 4 is 49.2 Å². The lowest BCUT2D eigenvalue weighted by Crippen LogP contribution is -2.26. The van der Waals surface area contributed by atoms with Crippen LogP contribution in [0.15, 0.2) is 21.9 Å². The highest BCUT2D eigenvalue weighted by Gasteiger charge is 2.15. The van der Waals surface area contributed by atoms with E-state index in [-0.39, 0.29) is 0 Å². The minimum Gasteiger partial charge on any atom is -0.402 e. The van der Waals surface area contributed by atoms with Crippen molar-refractivity contribution in [3.8, 4) is 10.8 Å². The average molecular weight is 409 g/mol. The van der Waals surface area contributed by atoms with Gasteiger partial charge in [0.2, 0.25) is 0 Å². The molecule has 0 N–H and O–H groups in total. The molecule has 0 fully saturated rings. The summed E-state index contributed by atoms with van der Waals surface area (Å²) < 4.78 is 5.77. The Kier molecular flexibility index (Phi) is 6.33. The Bertz CT molecular complexity index is 467. The maximum Gasteiger partial charge on any atom is 0.318 e. The maximum absolute atomic E-state index is 5.77. The van der Waals surface area contributed by atoms with Gasteiger partial charge in [0.25, 0.3) is 5.89 Å². The molecule has 0 saturated carbocycles. The minimum absolute atomic E-state index is 0.604. The molecule has 0 aliphatic rings. The highest BCUT2D eigenvalue weighted by molar-refractivity contribution is 9.09. The monoisotopic (exact) mass is 407 g/mol. The molecule has 0 aliphatic carbocycles. The van der Waals surface area contributed by atoms with Gasteiger partial charge >= 0.3 is 6.01 Å². The van der Waals surface area contributed by atoms with Crippen molar-refractivity contribution in [1.82, 2.24) is 10.2 Å². The second-order valence-corrected chi connectivity index (χ2v) is 6.47. The maximum atomic E-state index is 5.77. The molecule has 2 rings (SSSR count). The molecular formula is C12H15Br2N3OS. The summed E-state index contributed by atoms with van der Waals surface area (Å²) in [7, 11) is 0. The Morgan fingerprint density at radius 3 is 2.47 bits per heavy atom. The van der Waals surface area contributed by atoms with E-state index in [0.29, 0.717) is 11.9 Å². The second-order valence-electron chi connectivity index (χ2n) is 3.94. The molecule has 0 amide bonds. The molecule has 2 heterocycles. The fourth-order valence-corrected chi connectivity index (χ4v) is 2.79. The van der Waals surface area contributed by atoms with Crippen molar-refractivity contribution in [2.75, 3.05) is 28.6 Å². The predicted molar refractivity (Wildman–Crippen MR) is 86.6 cm³/mol. The van der Waals surface area contributed by atoms with Gasteiger partial charge in [0, 0.05) is 23.7 Å². The molecule has 0 bridgehead atoms. The van der Waals surface area contributed by atoms with Crippen LogP contribution in [0.25, 0.3) is 10.8 Å². The Balaban J connectivity index is 2.08. The Morgan fingerprint density at radius 1 is 1.16 bits per heavy atom. The van der Waals surface area contributed by atoms with Crippen LogP contribution in [0.2, 0.25) is 0 Å². The van der Waals surface area contributed by atoms with Crippen molar-refractivity contribution < 1.29 is 4.42 Å². The van der Waals surface area contributed by atoms with Crippen LogP contribution in [0, 0.1) is 0 Å². The molecule has 2 aromatic rings. The summed E-state index contributed by atoms with van der Waals surface area (Å²) in [6, 6.07) is 4.59. The van der Waals surface area contributed by atoms with Gasteiger partial charge in [-0.15, -0.1) is 16.4 Å².